The van der Waals surface area contributed by atoms with E-state index in [0.29, 0.717) is 31.1 Å². The lowest BCUT2D eigenvalue weighted by Crippen LogP contribution is -2.52. The molecule has 1 aliphatic heterocycles. The predicted molar refractivity (Wildman–Crippen MR) is 99.4 cm³/mol. The van der Waals surface area contributed by atoms with E-state index in [0.717, 1.165) is 17.6 Å². The molecule has 0 bridgehead atoms. The fraction of sp³-hybridized carbons (Fsp3) is 0.421. The van der Waals surface area contributed by atoms with Crippen LogP contribution in [0.15, 0.2) is 30.6 Å². The molecule has 168 valence electrons. The van der Waals surface area contributed by atoms with Crippen molar-refractivity contribution >= 4 is 12.1 Å². The molecule has 0 saturated carbocycles. The first-order valence-electron chi connectivity index (χ1n) is 9.16. The Bertz CT molecular complexity index is 941. The Balaban J connectivity index is 1.75. The lowest BCUT2D eigenvalue weighted by molar-refractivity contribution is -0.143. The van der Waals surface area contributed by atoms with E-state index in [1.165, 1.54) is 12.3 Å². The van der Waals surface area contributed by atoms with Crippen molar-refractivity contribution in [3.63, 3.8) is 0 Å². The van der Waals surface area contributed by atoms with Crippen LogP contribution in [-0.2, 0) is 17.1 Å². The number of aromatic nitrogens is 3. The van der Waals surface area contributed by atoms with Gasteiger partial charge in [0.05, 0.1) is 11.1 Å². The standard InChI is InChI=1S/C19H19F6N5O/c1-28(2)8-12-9-29(10-12)16(31)3-4-30-11-26-17(27-30)13-5-14(18(20,21)22)7-15(6-13)19(23,24)25/h3-7,11-12H,8-10H2,1-2H3/b4-3-. The number of carbonyl (C=O) groups is 1. The van der Waals surface area contributed by atoms with E-state index in [1.807, 2.05) is 19.0 Å². The van der Waals surface area contributed by atoms with Gasteiger partial charge in [-0.3, -0.25) is 4.79 Å². The molecule has 0 atom stereocenters. The zero-order valence-corrected chi connectivity index (χ0v) is 16.6. The molecule has 0 radical (unpaired) electrons. The van der Waals surface area contributed by atoms with Crippen LogP contribution in [0.4, 0.5) is 26.3 Å². The van der Waals surface area contributed by atoms with Gasteiger partial charge in [-0.25, -0.2) is 9.67 Å². The number of halogens is 6. The largest absolute Gasteiger partial charge is 0.416 e. The summed E-state index contributed by atoms with van der Waals surface area (Å²) in [4.78, 5) is 19.5. The van der Waals surface area contributed by atoms with Gasteiger partial charge in [-0.2, -0.15) is 26.3 Å². The summed E-state index contributed by atoms with van der Waals surface area (Å²) in [5.74, 6) is -0.219. The van der Waals surface area contributed by atoms with Gasteiger partial charge in [0.1, 0.15) is 6.33 Å². The van der Waals surface area contributed by atoms with Gasteiger partial charge in [0.15, 0.2) is 5.82 Å². The lowest BCUT2D eigenvalue weighted by Gasteiger charge is -2.39. The van der Waals surface area contributed by atoms with Crippen molar-refractivity contribution < 1.29 is 31.1 Å². The van der Waals surface area contributed by atoms with Gasteiger partial charge in [0.25, 0.3) is 0 Å². The zero-order valence-electron chi connectivity index (χ0n) is 16.6. The average molecular weight is 447 g/mol. The second kappa shape index (κ2) is 8.33. The fourth-order valence-corrected chi connectivity index (χ4v) is 3.19. The van der Waals surface area contributed by atoms with Crippen molar-refractivity contribution in [2.75, 3.05) is 33.7 Å². The van der Waals surface area contributed by atoms with Crippen molar-refractivity contribution in [3.05, 3.63) is 41.7 Å². The summed E-state index contributed by atoms with van der Waals surface area (Å²) < 4.78 is 79.1. The SMILES string of the molecule is CN(C)CC1CN(C(=O)/C=C\n2cnc(-c3cc(C(F)(F)F)cc(C(F)(F)F)c3)n2)C1. The molecule has 2 aromatic rings. The number of alkyl halides is 6. The van der Waals surface area contributed by atoms with Crippen LogP contribution in [0.3, 0.4) is 0 Å². The van der Waals surface area contributed by atoms with Gasteiger partial charge in [0.2, 0.25) is 5.91 Å². The van der Waals surface area contributed by atoms with E-state index in [4.69, 9.17) is 0 Å². The summed E-state index contributed by atoms with van der Waals surface area (Å²) in [5.41, 5.74) is -3.34. The molecule has 0 N–H and O–H groups in total. The van der Waals surface area contributed by atoms with E-state index < -0.39 is 29.0 Å². The normalized spacial score (nSPS) is 15.7. The fourth-order valence-electron chi connectivity index (χ4n) is 3.19. The van der Waals surface area contributed by atoms with Crippen LogP contribution in [0.1, 0.15) is 11.1 Å². The number of hydrogen-bond acceptors (Lipinski definition) is 4. The number of likely N-dealkylation sites (tertiary alicyclic amines) is 1. The molecular weight excluding hydrogens is 428 g/mol. The highest BCUT2D eigenvalue weighted by molar-refractivity contribution is 5.90. The Kier molecular flexibility index (Phi) is 6.12. The first-order chi connectivity index (χ1) is 14.3. The van der Waals surface area contributed by atoms with Crippen LogP contribution in [0, 0.1) is 5.92 Å². The highest BCUT2D eigenvalue weighted by atomic mass is 19.4. The number of nitrogens with zero attached hydrogens (tertiary/aromatic N) is 5. The number of amides is 1. The third kappa shape index (κ3) is 5.63. The molecule has 2 heterocycles. The average Bonchev–Trinajstić information content (AvgIpc) is 3.09. The number of hydrogen-bond donors (Lipinski definition) is 0. The number of rotatable bonds is 5. The predicted octanol–water partition coefficient (Wildman–Crippen LogP) is 3.47. The second-order valence-electron chi connectivity index (χ2n) is 7.53. The van der Waals surface area contributed by atoms with E-state index in [9.17, 15) is 31.1 Å². The summed E-state index contributed by atoms with van der Waals surface area (Å²) in [6.45, 7) is 2.07. The van der Waals surface area contributed by atoms with Gasteiger partial charge < -0.3 is 9.80 Å². The van der Waals surface area contributed by atoms with Crippen LogP contribution in [0.5, 0.6) is 0 Å². The molecule has 12 heteroatoms. The van der Waals surface area contributed by atoms with Gasteiger partial charge in [-0.05, 0) is 32.3 Å². The van der Waals surface area contributed by atoms with Crippen LogP contribution < -0.4 is 0 Å². The maximum atomic E-state index is 13.0. The molecule has 6 nitrogen and oxygen atoms in total. The zero-order chi connectivity index (χ0) is 23.0. The molecule has 31 heavy (non-hydrogen) atoms. The Hall–Kier alpha value is -2.89. The molecule has 0 unspecified atom stereocenters. The maximum Gasteiger partial charge on any atom is 0.416 e. The van der Waals surface area contributed by atoms with E-state index in [2.05, 4.69) is 10.1 Å². The molecular formula is C19H19F6N5O. The highest BCUT2D eigenvalue weighted by Crippen LogP contribution is 2.38. The summed E-state index contributed by atoms with van der Waals surface area (Å²) >= 11 is 0. The molecule has 1 aromatic heterocycles. The topological polar surface area (TPSA) is 54.3 Å². The number of carbonyl (C=O) groups excluding carboxylic acids is 1. The minimum Gasteiger partial charge on any atom is -0.338 e. The molecule has 1 amide bonds. The third-order valence-corrected chi connectivity index (χ3v) is 4.62. The minimum atomic E-state index is -4.97. The smallest absolute Gasteiger partial charge is 0.338 e. The lowest BCUT2D eigenvalue weighted by atomic mass is 10.00. The quantitative estimate of drug-likeness (QED) is 0.521. The van der Waals surface area contributed by atoms with Crippen LogP contribution in [0.2, 0.25) is 0 Å². The maximum absolute atomic E-state index is 13.0. The summed E-state index contributed by atoms with van der Waals surface area (Å²) in [6, 6.07) is 1.14. The first kappa shape index (κ1) is 22.8. The van der Waals surface area contributed by atoms with E-state index in [1.54, 1.807) is 4.90 Å². The van der Waals surface area contributed by atoms with Crippen LogP contribution in [0.25, 0.3) is 17.6 Å². The van der Waals surface area contributed by atoms with E-state index in [-0.39, 0.29) is 17.8 Å². The molecule has 1 saturated heterocycles. The van der Waals surface area contributed by atoms with Crippen molar-refractivity contribution in [2.45, 2.75) is 12.4 Å². The highest BCUT2D eigenvalue weighted by Gasteiger charge is 2.37. The van der Waals surface area contributed by atoms with Crippen LogP contribution in [-0.4, -0.2) is 64.2 Å². The van der Waals surface area contributed by atoms with Gasteiger partial charge in [-0.15, -0.1) is 5.10 Å². The summed E-state index contributed by atoms with van der Waals surface area (Å²) in [6.07, 6.45) is -6.37. The van der Waals surface area contributed by atoms with Crippen LogP contribution >= 0.6 is 0 Å². The van der Waals surface area contributed by atoms with Gasteiger partial charge in [-0.1, -0.05) is 0 Å². The Morgan fingerprint density at radius 3 is 2.19 bits per heavy atom. The summed E-state index contributed by atoms with van der Waals surface area (Å²) in [7, 11) is 3.88. The first-order valence-corrected chi connectivity index (χ1v) is 9.16. The van der Waals surface area contributed by atoms with Crippen molar-refractivity contribution in [1.82, 2.24) is 24.6 Å². The Morgan fingerprint density at radius 1 is 1.10 bits per heavy atom. The summed E-state index contributed by atoms with van der Waals surface area (Å²) in [5, 5.41) is 3.86. The van der Waals surface area contributed by atoms with Gasteiger partial charge >= 0.3 is 12.4 Å². The molecule has 1 fully saturated rings. The molecule has 1 aromatic carbocycles. The monoisotopic (exact) mass is 447 g/mol. The molecule has 3 rings (SSSR count). The molecule has 1 aliphatic rings. The van der Waals surface area contributed by atoms with Gasteiger partial charge in [0, 0.05) is 43.4 Å². The Labute approximate surface area is 173 Å². The van der Waals surface area contributed by atoms with Crippen molar-refractivity contribution in [3.8, 4) is 11.4 Å². The van der Waals surface area contributed by atoms with E-state index >= 15 is 0 Å². The molecule has 0 aliphatic carbocycles. The Morgan fingerprint density at radius 2 is 1.68 bits per heavy atom. The second-order valence-corrected chi connectivity index (χ2v) is 7.53. The number of benzene rings is 1. The van der Waals surface area contributed by atoms with Crippen molar-refractivity contribution in [1.29, 1.82) is 0 Å². The third-order valence-electron chi connectivity index (χ3n) is 4.62. The minimum absolute atomic E-state index is 0.0374. The molecule has 0 spiro atoms. The van der Waals surface area contributed by atoms with Crippen molar-refractivity contribution in [2.24, 2.45) is 5.92 Å².